The molecule has 0 unspecified atom stereocenters. The maximum absolute atomic E-state index is 12.9. The minimum Gasteiger partial charge on any atom is -0.294 e. The zero-order valence-corrected chi connectivity index (χ0v) is 11.0. The van der Waals surface area contributed by atoms with Crippen LogP contribution in [0.4, 0.5) is 4.39 Å². The minimum absolute atomic E-state index is 0.0133. The Balaban J connectivity index is 2.21. The highest BCUT2D eigenvalue weighted by Crippen LogP contribution is 2.16. The SMILES string of the molecule is O=C(Cc1ccncc1)c1ccc(F)cc1I. The van der Waals surface area contributed by atoms with Gasteiger partial charge in [0.1, 0.15) is 5.82 Å². The summed E-state index contributed by atoms with van der Waals surface area (Å²) in [7, 11) is 0. The average Bonchev–Trinajstić information content (AvgIpc) is 2.30. The summed E-state index contributed by atoms with van der Waals surface area (Å²) in [6.07, 6.45) is 3.61. The lowest BCUT2D eigenvalue weighted by molar-refractivity contribution is 0.0992. The van der Waals surface area contributed by atoms with Gasteiger partial charge in [-0.1, -0.05) is 0 Å². The molecule has 1 heterocycles. The summed E-state index contributed by atoms with van der Waals surface area (Å²) in [5, 5.41) is 0. The van der Waals surface area contributed by atoms with Gasteiger partial charge >= 0.3 is 0 Å². The molecule has 17 heavy (non-hydrogen) atoms. The van der Waals surface area contributed by atoms with Gasteiger partial charge in [-0.25, -0.2) is 4.39 Å². The number of aromatic nitrogens is 1. The largest absolute Gasteiger partial charge is 0.294 e. The fourth-order valence-electron chi connectivity index (χ4n) is 1.50. The molecule has 4 heteroatoms. The number of Topliss-reactive ketones (excluding diaryl/α,β-unsaturated/α-hetero) is 1. The van der Waals surface area contributed by atoms with Gasteiger partial charge in [-0.15, -0.1) is 0 Å². The van der Waals surface area contributed by atoms with Crippen LogP contribution in [0.3, 0.4) is 0 Å². The van der Waals surface area contributed by atoms with Gasteiger partial charge in [-0.05, 0) is 58.5 Å². The normalized spacial score (nSPS) is 10.2. The molecule has 0 amide bonds. The third kappa shape index (κ3) is 3.09. The highest BCUT2D eigenvalue weighted by molar-refractivity contribution is 14.1. The molecule has 2 aromatic rings. The van der Waals surface area contributed by atoms with E-state index in [1.54, 1.807) is 24.5 Å². The number of carbonyl (C=O) groups excluding carboxylic acids is 1. The van der Waals surface area contributed by atoms with Crippen molar-refractivity contribution in [2.75, 3.05) is 0 Å². The monoisotopic (exact) mass is 341 g/mol. The van der Waals surface area contributed by atoms with E-state index in [2.05, 4.69) is 4.98 Å². The molecule has 0 aliphatic heterocycles. The van der Waals surface area contributed by atoms with Crippen molar-refractivity contribution < 1.29 is 9.18 Å². The van der Waals surface area contributed by atoms with Crippen molar-refractivity contribution in [1.82, 2.24) is 4.98 Å². The lowest BCUT2D eigenvalue weighted by Crippen LogP contribution is -2.06. The van der Waals surface area contributed by atoms with E-state index in [4.69, 9.17) is 0 Å². The predicted octanol–water partition coefficient (Wildman–Crippen LogP) is 3.25. The zero-order valence-electron chi connectivity index (χ0n) is 8.86. The van der Waals surface area contributed by atoms with Crippen LogP contribution >= 0.6 is 22.6 Å². The van der Waals surface area contributed by atoms with E-state index in [0.717, 1.165) is 5.56 Å². The number of carbonyl (C=O) groups is 1. The Morgan fingerprint density at radius 2 is 1.94 bits per heavy atom. The number of rotatable bonds is 3. The van der Waals surface area contributed by atoms with Gasteiger partial charge in [0.05, 0.1) is 0 Å². The zero-order chi connectivity index (χ0) is 12.3. The summed E-state index contributed by atoms with van der Waals surface area (Å²) in [6, 6.07) is 7.80. The first-order chi connectivity index (χ1) is 8.16. The van der Waals surface area contributed by atoms with Gasteiger partial charge in [0.2, 0.25) is 0 Å². The maximum Gasteiger partial charge on any atom is 0.168 e. The van der Waals surface area contributed by atoms with Gasteiger partial charge < -0.3 is 0 Å². The first-order valence-corrected chi connectivity index (χ1v) is 6.12. The Morgan fingerprint density at radius 3 is 2.59 bits per heavy atom. The maximum atomic E-state index is 12.9. The molecule has 0 bridgehead atoms. The average molecular weight is 341 g/mol. The molecule has 1 aromatic heterocycles. The first-order valence-electron chi connectivity index (χ1n) is 5.04. The summed E-state index contributed by atoms with van der Waals surface area (Å²) in [4.78, 5) is 15.9. The Kier molecular flexibility index (Phi) is 3.83. The van der Waals surface area contributed by atoms with E-state index in [0.29, 0.717) is 15.6 Å². The fraction of sp³-hybridized carbons (Fsp3) is 0.0769. The molecule has 2 nitrogen and oxygen atoms in total. The third-order valence-corrected chi connectivity index (χ3v) is 3.24. The Hall–Kier alpha value is -1.30. The van der Waals surface area contributed by atoms with Crippen molar-refractivity contribution in [1.29, 1.82) is 0 Å². The number of nitrogens with zero attached hydrogens (tertiary/aromatic N) is 1. The van der Waals surface area contributed by atoms with E-state index in [-0.39, 0.29) is 11.6 Å². The van der Waals surface area contributed by atoms with Crippen molar-refractivity contribution in [2.24, 2.45) is 0 Å². The summed E-state index contributed by atoms with van der Waals surface area (Å²) in [5.41, 5.74) is 1.47. The van der Waals surface area contributed by atoms with Gasteiger partial charge in [-0.2, -0.15) is 0 Å². The van der Waals surface area contributed by atoms with Gasteiger partial charge in [0, 0.05) is 27.9 Å². The highest BCUT2D eigenvalue weighted by Gasteiger charge is 2.11. The molecule has 0 saturated carbocycles. The molecule has 0 radical (unpaired) electrons. The first kappa shape index (κ1) is 12.2. The van der Waals surface area contributed by atoms with Crippen LogP contribution in [0.1, 0.15) is 15.9 Å². The lowest BCUT2D eigenvalue weighted by Gasteiger charge is -2.04. The van der Waals surface area contributed by atoms with E-state index in [1.165, 1.54) is 18.2 Å². The van der Waals surface area contributed by atoms with Crippen molar-refractivity contribution in [3.63, 3.8) is 0 Å². The second-order valence-electron chi connectivity index (χ2n) is 3.58. The van der Waals surface area contributed by atoms with Crippen LogP contribution < -0.4 is 0 Å². The van der Waals surface area contributed by atoms with E-state index < -0.39 is 0 Å². The van der Waals surface area contributed by atoms with Crippen molar-refractivity contribution in [2.45, 2.75) is 6.42 Å². The molecule has 0 N–H and O–H groups in total. The predicted molar refractivity (Wildman–Crippen MR) is 71.4 cm³/mol. The minimum atomic E-state index is -0.324. The Morgan fingerprint density at radius 1 is 1.24 bits per heavy atom. The van der Waals surface area contributed by atoms with E-state index in [1.807, 2.05) is 22.6 Å². The summed E-state index contributed by atoms with van der Waals surface area (Å²) in [6.45, 7) is 0. The van der Waals surface area contributed by atoms with Crippen molar-refractivity contribution in [3.05, 3.63) is 63.2 Å². The molecule has 0 fully saturated rings. The van der Waals surface area contributed by atoms with E-state index in [9.17, 15) is 9.18 Å². The summed E-state index contributed by atoms with van der Waals surface area (Å²) >= 11 is 1.97. The molecule has 2 rings (SSSR count). The smallest absolute Gasteiger partial charge is 0.168 e. The molecule has 1 aromatic carbocycles. The summed E-state index contributed by atoms with van der Waals surface area (Å²) < 4.78 is 13.6. The molecule has 0 aliphatic rings. The van der Waals surface area contributed by atoms with E-state index >= 15 is 0 Å². The Bertz CT molecular complexity index is 542. The topological polar surface area (TPSA) is 30.0 Å². The Labute approximate surface area is 112 Å². The van der Waals surface area contributed by atoms with Crippen LogP contribution in [0, 0.1) is 9.39 Å². The summed E-state index contributed by atoms with van der Waals surface area (Å²) in [5.74, 6) is -0.338. The standard InChI is InChI=1S/C13H9FINO/c14-10-1-2-11(12(15)8-10)13(17)7-9-3-5-16-6-4-9/h1-6,8H,7H2. The van der Waals surface area contributed by atoms with Gasteiger partial charge in [-0.3, -0.25) is 9.78 Å². The van der Waals surface area contributed by atoms with Crippen LogP contribution in [0.5, 0.6) is 0 Å². The van der Waals surface area contributed by atoms with Crippen LogP contribution in [-0.4, -0.2) is 10.8 Å². The van der Waals surface area contributed by atoms with Gasteiger partial charge in [0.15, 0.2) is 5.78 Å². The lowest BCUT2D eigenvalue weighted by atomic mass is 10.0. The molecule has 0 spiro atoms. The molecular weight excluding hydrogens is 332 g/mol. The number of hydrogen-bond acceptors (Lipinski definition) is 2. The van der Waals surface area contributed by atoms with Crippen molar-refractivity contribution >= 4 is 28.4 Å². The second-order valence-corrected chi connectivity index (χ2v) is 4.74. The molecular formula is C13H9FINO. The number of pyridine rings is 1. The molecule has 0 atom stereocenters. The van der Waals surface area contributed by atoms with Crippen LogP contribution in [0.25, 0.3) is 0 Å². The highest BCUT2D eigenvalue weighted by atomic mass is 127. The molecule has 0 saturated heterocycles. The van der Waals surface area contributed by atoms with Crippen molar-refractivity contribution in [3.8, 4) is 0 Å². The van der Waals surface area contributed by atoms with Crippen LogP contribution in [0.15, 0.2) is 42.7 Å². The fourth-order valence-corrected chi connectivity index (χ4v) is 2.27. The van der Waals surface area contributed by atoms with Crippen LogP contribution in [-0.2, 0) is 6.42 Å². The molecule has 86 valence electrons. The van der Waals surface area contributed by atoms with Crippen LogP contribution in [0.2, 0.25) is 0 Å². The second kappa shape index (κ2) is 5.35. The van der Waals surface area contributed by atoms with Gasteiger partial charge in [0.25, 0.3) is 0 Å². The molecule has 0 aliphatic carbocycles. The quantitative estimate of drug-likeness (QED) is 0.634. The number of ketones is 1. The third-order valence-electron chi connectivity index (χ3n) is 2.35. The number of halogens is 2. The number of benzene rings is 1. The number of hydrogen-bond donors (Lipinski definition) is 0.